The third-order valence-corrected chi connectivity index (χ3v) is 3.95. The van der Waals surface area contributed by atoms with Crippen molar-refractivity contribution in [1.29, 1.82) is 0 Å². The molecule has 0 saturated heterocycles. The minimum Gasteiger partial charge on any atom is -0.100 e. The van der Waals surface area contributed by atoms with Crippen molar-refractivity contribution >= 4 is 23.2 Å². The van der Waals surface area contributed by atoms with Gasteiger partial charge in [-0.05, 0) is 33.9 Å². The average Bonchev–Trinajstić information content (AvgIpc) is 2.56. The Kier molecular flexibility index (Phi) is 4.28. The molecule has 0 aliphatic carbocycles. The van der Waals surface area contributed by atoms with Crippen LogP contribution in [-0.4, -0.2) is 0 Å². The summed E-state index contributed by atoms with van der Waals surface area (Å²) in [5.41, 5.74) is 5.42. The fourth-order valence-electron chi connectivity index (χ4n) is 2.43. The van der Waals surface area contributed by atoms with E-state index in [1.807, 2.05) is 36.4 Å². The first-order valence-electron chi connectivity index (χ1n) is 6.78. The Bertz CT molecular complexity index is 719. The van der Waals surface area contributed by atoms with Gasteiger partial charge in [0, 0.05) is 0 Å². The normalized spacial score (nSPS) is 10.8. The van der Waals surface area contributed by atoms with Crippen LogP contribution in [0.2, 0.25) is 0 Å². The van der Waals surface area contributed by atoms with Crippen LogP contribution in [0.4, 0.5) is 0 Å². The second-order valence-electron chi connectivity index (χ2n) is 4.83. The van der Waals surface area contributed by atoms with Gasteiger partial charge in [-0.1, -0.05) is 72.8 Å². The minimum absolute atomic E-state index is 0.552. The van der Waals surface area contributed by atoms with Gasteiger partial charge in [-0.3, -0.25) is 0 Å². The standard InChI is InChI=1S/C19H14Cl2/c20-19(21)18-13-16(14-7-3-1-4-8-14)11-12-17(18)15-9-5-2-6-10-15/h1-13,19H. The second kappa shape index (κ2) is 6.34. The molecule has 0 saturated carbocycles. The first kappa shape index (κ1) is 14.2. The molecule has 0 radical (unpaired) electrons. The van der Waals surface area contributed by atoms with E-state index in [1.54, 1.807) is 0 Å². The molecule has 0 aromatic heterocycles. The molecule has 0 bridgehead atoms. The Morgan fingerprint density at radius 3 is 1.71 bits per heavy atom. The van der Waals surface area contributed by atoms with Crippen LogP contribution in [0.25, 0.3) is 22.3 Å². The van der Waals surface area contributed by atoms with Gasteiger partial charge in [-0.25, -0.2) is 0 Å². The molecule has 0 nitrogen and oxygen atoms in total. The maximum absolute atomic E-state index is 6.18. The highest BCUT2D eigenvalue weighted by atomic mass is 35.5. The van der Waals surface area contributed by atoms with Crippen molar-refractivity contribution in [3.05, 3.63) is 84.4 Å². The second-order valence-corrected chi connectivity index (χ2v) is 5.93. The smallest absolute Gasteiger partial charge is 0.100 e. The zero-order valence-electron chi connectivity index (χ0n) is 11.3. The maximum Gasteiger partial charge on any atom is 0.133 e. The van der Waals surface area contributed by atoms with E-state index < -0.39 is 4.84 Å². The van der Waals surface area contributed by atoms with E-state index in [2.05, 4.69) is 42.5 Å². The molecule has 0 aliphatic rings. The zero-order chi connectivity index (χ0) is 14.7. The number of hydrogen-bond donors (Lipinski definition) is 0. The van der Waals surface area contributed by atoms with Crippen LogP contribution in [0.1, 0.15) is 10.4 Å². The number of hydrogen-bond acceptors (Lipinski definition) is 0. The summed E-state index contributed by atoms with van der Waals surface area (Å²) in [7, 11) is 0. The van der Waals surface area contributed by atoms with Crippen molar-refractivity contribution in [3.8, 4) is 22.3 Å². The first-order chi connectivity index (χ1) is 10.3. The Balaban J connectivity index is 2.12. The summed E-state index contributed by atoms with van der Waals surface area (Å²) in [6, 6.07) is 26.7. The summed E-state index contributed by atoms with van der Waals surface area (Å²) in [5, 5.41) is 0. The molecule has 3 rings (SSSR count). The molecule has 2 heteroatoms. The Hall–Kier alpha value is -1.76. The molecular weight excluding hydrogens is 299 g/mol. The molecule has 0 atom stereocenters. The number of rotatable bonds is 3. The maximum atomic E-state index is 6.18. The molecular formula is C19H14Cl2. The highest BCUT2D eigenvalue weighted by molar-refractivity contribution is 6.44. The molecule has 0 spiro atoms. The van der Waals surface area contributed by atoms with Gasteiger partial charge >= 0.3 is 0 Å². The van der Waals surface area contributed by atoms with Gasteiger partial charge in [0.2, 0.25) is 0 Å². The van der Waals surface area contributed by atoms with E-state index in [9.17, 15) is 0 Å². The molecule has 21 heavy (non-hydrogen) atoms. The molecule has 3 aromatic rings. The average molecular weight is 313 g/mol. The van der Waals surface area contributed by atoms with Gasteiger partial charge in [0.1, 0.15) is 4.84 Å². The molecule has 0 fully saturated rings. The lowest BCUT2D eigenvalue weighted by molar-refractivity contribution is 1.35. The van der Waals surface area contributed by atoms with Gasteiger partial charge < -0.3 is 0 Å². The predicted octanol–water partition coefficient (Wildman–Crippen LogP) is 6.50. The summed E-state index contributed by atoms with van der Waals surface area (Å²) in [4.78, 5) is -0.552. The van der Waals surface area contributed by atoms with Gasteiger partial charge in [0.15, 0.2) is 0 Å². The summed E-state index contributed by atoms with van der Waals surface area (Å²) >= 11 is 12.4. The number of benzene rings is 3. The fourth-order valence-corrected chi connectivity index (χ4v) is 2.80. The van der Waals surface area contributed by atoms with Crippen LogP contribution >= 0.6 is 23.2 Å². The van der Waals surface area contributed by atoms with Crippen LogP contribution in [0.3, 0.4) is 0 Å². The summed E-state index contributed by atoms with van der Waals surface area (Å²) < 4.78 is 0. The molecule has 0 N–H and O–H groups in total. The van der Waals surface area contributed by atoms with E-state index in [0.29, 0.717) is 0 Å². The van der Waals surface area contributed by atoms with Crippen molar-refractivity contribution in [2.45, 2.75) is 4.84 Å². The molecule has 0 unspecified atom stereocenters. The summed E-state index contributed by atoms with van der Waals surface area (Å²) in [6.07, 6.45) is 0. The fraction of sp³-hybridized carbons (Fsp3) is 0.0526. The van der Waals surface area contributed by atoms with Crippen LogP contribution in [0.15, 0.2) is 78.9 Å². The SMILES string of the molecule is ClC(Cl)c1cc(-c2ccccc2)ccc1-c1ccccc1. The van der Waals surface area contributed by atoms with Crippen LogP contribution in [-0.2, 0) is 0 Å². The van der Waals surface area contributed by atoms with E-state index in [-0.39, 0.29) is 0 Å². The lowest BCUT2D eigenvalue weighted by Crippen LogP contribution is -1.90. The summed E-state index contributed by atoms with van der Waals surface area (Å²) in [5.74, 6) is 0. The number of halogens is 2. The quantitative estimate of drug-likeness (QED) is 0.484. The lowest BCUT2D eigenvalue weighted by Gasteiger charge is -2.13. The third kappa shape index (κ3) is 3.12. The van der Waals surface area contributed by atoms with Gasteiger partial charge in [0.25, 0.3) is 0 Å². The third-order valence-electron chi connectivity index (χ3n) is 3.48. The zero-order valence-corrected chi connectivity index (χ0v) is 12.9. The Labute approximate surface area is 135 Å². The molecule has 0 amide bonds. The van der Waals surface area contributed by atoms with Crippen molar-refractivity contribution < 1.29 is 0 Å². The van der Waals surface area contributed by atoms with Crippen molar-refractivity contribution in [1.82, 2.24) is 0 Å². The first-order valence-corrected chi connectivity index (χ1v) is 7.66. The highest BCUT2D eigenvalue weighted by Crippen LogP contribution is 2.36. The van der Waals surface area contributed by atoms with E-state index in [1.165, 1.54) is 0 Å². The minimum atomic E-state index is -0.552. The van der Waals surface area contributed by atoms with Crippen molar-refractivity contribution in [2.24, 2.45) is 0 Å². The molecule has 0 aliphatic heterocycles. The van der Waals surface area contributed by atoms with E-state index in [4.69, 9.17) is 23.2 Å². The molecule has 104 valence electrons. The van der Waals surface area contributed by atoms with Gasteiger partial charge in [-0.15, -0.1) is 23.2 Å². The number of alkyl halides is 2. The van der Waals surface area contributed by atoms with Gasteiger partial charge in [0.05, 0.1) is 0 Å². The van der Waals surface area contributed by atoms with Gasteiger partial charge in [-0.2, -0.15) is 0 Å². The molecule has 3 aromatic carbocycles. The summed E-state index contributed by atoms with van der Waals surface area (Å²) in [6.45, 7) is 0. The van der Waals surface area contributed by atoms with E-state index >= 15 is 0 Å². The Morgan fingerprint density at radius 1 is 0.571 bits per heavy atom. The van der Waals surface area contributed by atoms with Crippen LogP contribution < -0.4 is 0 Å². The van der Waals surface area contributed by atoms with Crippen molar-refractivity contribution in [3.63, 3.8) is 0 Å². The molecule has 0 heterocycles. The lowest BCUT2D eigenvalue weighted by atomic mass is 9.96. The Morgan fingerprint density at radius 2 is 1.14 bits per heavy atom. The van der Waals surface area contributed by atoms with Crippen LogP contribution in [0, 0.1) is 0 Å². The monoisotopic (exact) mass is 312 g/mol. The largest absolute Gasteiger partial charge is 0.133 e. The predicted molar refractivity (Wildman–Crippen MR) is 91.8 cm³/mol. The van der Waals surface area contributed by atoms with E-state index in [0.717, 1.165) is 27.8 Å². The highest BCUT2D eigenvalue weighted by Gasteiger charge is 2.12. The van der Waals surface area contributed by atoms with Crippen LogP contribution in [0.5, 0.6) is 0 Å². The van der Waals surface area contributed by atoms with Crippen molar-refractivity contribution in [2.75, 3.05) is 0 Å². The topological polar surface area (TPSA) is 0 Å².